The summed E-state index contributed by atoms with van der Waals surface area (Å²) in [4.78, 5) is 6.76. The quantitative estimate of drug-likeness (QED) is 0.728. The Morgan fingerprint density at radius 2 is 1.88 bits per heavy atom. The van der Waals surface area contributed by atoms with Gasteiger partial charge in [-0.1, -0.05) is 23.8 Å². The third kappa shape index (κ3) is 2.91. The van der Waals surface area contributed by atoms with Crippen LogP contribution in [-0.2, 0) is 7.05 Å². The number of thiocarbonyl (C=S) groups is 1. The van der Waals surface area contributed by atoms with Crippen molar-refractivity contribution in [2.75, 3.05) is 4.90 Å². The number of pyridine rings is 1. The van der Waals surface area contributed by atoms with E-state index in [-0.39, 0.29) is 12.1 Å². The second-order valence-electron chi connectivity index (χ2n) is 6.44. The number of benzene rings is 1. The molecule has 1 saturated heterocycles. The van der Waals surface area contributed by atoms with Gasteiger partial charge in [0, 0.05) is 31.3 Å². The highest BCUT2D eigenvalue weighted by molar-refractivity contribution is 7.80. The first-order chi connectivity index (χ1) is 12.1. The zero-order valence-corrected chi connectivity index (χ0v) is 15.1. The molecule has 1 fully saturated rings. The zero-order chi connectivity index (χ0) is 17.4. The van der Waals surface area contributed by atoms with Gasteiger partial charge in [-0.05, 0) is 55.0 Å². The van der Waals surface area contributed by atoms with E-state index >= 15 is 0 Å². The summed E-state index contributed by atoms with van der Waals surface area (Å²) in [6.07, 6.45) is 6.05. The normalized spacial score (nSPS) is 19.9. The van der Waals surface area contributed by atoms with Crippen molar-refractivity contribution in [3.8, 4) is 0 Å². The van der Waals surface area contributed by atoms with E-state index in [1.54, 1.807) is 0 Å². The Hall–Kier alpha value is -2.66. The first kappa shape index (κ1) is 15.8. The summed E-state index contributed by atoms with van der Waals surface area (Å²) in [5.74, 6) is 0. The van der Waals surface area contributed by atoms with Gasteiger partial charge < -0.3 is 14.8 Å². The van der Waals surface area contributed by atoms with Crippen LogP contribution < -0.4 is 10.2 Å². The van der Waals surface area contributed by atoms with Crippen molar-refractivity contribution >= 4 is 23.0 Å². The Morgan fingerprint density at radius 1 is 1.08 bits per heavy atom. The summed E-state index contributed by atoms with van der Waals surface area (Å²) in [6, 6.07) is 16.7. The van der Waals surface area contributed by atoms with Gasteiger partial charge in [-0.2, -0.15) is 0 Å². The van der Waals surface area contributed by atoms with E-state index in [1.165, 1.54) is 11.1 Å². The Labute approximate surface area is 153 Å². The van der Waals surface area contributed by atoms with Gasteiger partial charge in [0.25, 0.3) is 0 Å². The summed E-state index contributed by atoms with van der Waals surface area (Å²) in [5, 5.41) is 4.21. The van der Waals surface area contributed by atoms with Gasteiger partial charge >= 0.3 is 0 Å². The van der Waals surface area contributed by atoms with E-state index < -0.39 is 0 Å². The van der Waals surface area contributed by atoms with Crippen LogP contribution in [0.3, 0.4) is 0 Å². The number of aromatic nitrogens is 2. The first-order valence-electron chi connectivity index (χ1n) is 8.33. The third-order valence-corrected chi connectivity index (χ3v) is 4.92. The topological polar surface area (TPSA) is 33.1 Å². The molecule has 0 spiro atoms. The smallest absolute Gasteiger partial charge is 0.174 e. The molecule has 0 saturated carbocycles. The van der Waals surface area contributed by atoms with Crippen LogP contribution in [0.2, 0.25) is 0 Å². The van der Waals surface area contributed by atoms with Crippen LogP contribution in [0.15, 0.2) is 67.1 Å². The fourth-order valence-corrected chi connectivity index (χ4v) is 3.72. The van der Waals surface area contributed by atoms with Gasteiger partial charge in [-0.3, -0.25) is 4.98 Å². The SMILES string of the molecule is Cc1ccc(N2C(=S)NC(c3ccccn3)C2c2ccn(C)c2)cc1. The molecule has 1 aliphatic rings. The Balaban J connectivity index is 1.81. The molecule has 3 heterocycles. The van der Waals surface area contributed by atoms with Crippen molar-refractivity contribution in [2.24, 2.45) is 7.05 Å². The van der Waals surface area contributed by atoms with Gasteiger partial charge in [0.1, 0.15) is 0 Å². The summed E-state index contributed by atoms with van der Waals surface area (Å²) in [7, 11) is 2.04. The maximum absolute atomic E-state index is 5.70. The molecule has 25 heavy (non-hydrogen) atoms. The van der Waals surface area contributed by atoms with E-state index in [1.807, 2.05) is 25.4 Å². The van der Waals surface area contributed by atoms with Crippen LogP contribution in [0.1, 0.15) is 28.9 Å². The van der Waals surface area contributed by atoms with Crippen molar-refractivity contribution in [3.05, 3.63) is 83.9 Å². The minimum absolute atomic E-state index is 0.0115. The van der Waals surface area contributed by atoms with Crippen LogP contribution >= 0.6 is 12.2 Å². The van der Waals surface area contributed by atoms with Gasteiger partial charge in [0.15, 0.2) is 5.11 Å². The minimum atomic E-state index is 0.0115. The molecule has 2 unspecified atom stereocenters. The average molecular weight is 348 g/mol. The lowest BCUT2D eigenvalue weighted by Gasteiger charge is -2.27. The average Bonchev–Trinajstić information content (AvgIpc) is 3.20. The second-order valence-corrected chi connectivity index (χ2v) is 6.83. The number of anilines is 1. The van der Waals surface area contributed by atoms with E-state index in [9.17, 15) is 0 Å². The van der Waals surface area contributed by atoms with E-state index in [0.717, 1.165) is 16.5 Å². The molecule has 4 nitrogen and oxygen atoms in total. The molecule has 4 rings (SSSR count). The van der Waals surface area contributed by atoms with Crippen molar-refractivity contribution in [1.82, 2.24) is 14.9 Å². The van der Waals surface area contributed by atoms with Gasteiger partial charge in [-0.15, -0.1) is 0 Å². The standard InChI is InChI=1S/C20H20N4S/c1-14-6-8-16(9-7-14)24-19(15-10-12-23(2)13-15)18(22-20(24)25)17-5-3-4-11-21-17/h3-13,18-19H,1-2H3,(H,22,25). The Bertz CT molecular complexity index is 886. The van der Waals surface area contributed by atoms with Crippen LogP contribution in [-0.4, -0.2) is 14.7 Å². The molecule has 0 radical (unpaired) electrons. The minimum Gasteiger partial charge on any atom is -0.357 e. The molecule has 2 atom stereocenters. The predicted molar refractivity (Wildman–Crippen MR) is 105 cm³/mol. The fraction of sp³-hybridized carbons (Fsp3) is 0.200. The van der Waals surface area contributed by atoms with E-state index in [0.29, 0.717) is 0 Å². The molecule has 1 N–H and O–H groups in total. The molecule has 1 aliphatic heterocycles. The van der Waals surface area contributed by atoms with Gasteiger partial charge in [-0.25, -0.2) is 0 Å². The lowest BCUT2D eigenvalue weighted by atomic mass is 9.98. The summed E-state index contributed by atoms with van der Waals surface area (Å²) in [6.45, 7) is 2.09. The van der Waals surface area contributed by atoms with E-state index in [2.05, 4.69) is 75.5 Å². The number of hydrogen-bond donors (Lipinski definition) is 1. The molecule has 5 heteroatoms. The molecule has 1 aromatic carbocycles. The molecular formula is C20H20N4S. The maximum atomic E-state index is 5.70. The van der Waals surface area contributed by atoms with E-state index in [4.69, 9.17) is 12.2 Å². The number of nitrogens with zero attached hydrogens (tertiary/aromatic N) is 3. The first-order valence-corrected chi connectivity index (χ1v) is 8.73. The molecule has 3 aromatic rings. The highest BCUT2D eigenvalue weighted by atomic mass is 32.1. The number of nitrogens with one attached hydrogen (secondary N) is 1. The Morgan fingerprint density at radius 3 is 2.52 bits per heavy atom. The third-order valence-electron chi connectivity index (χ3n) is 4.61. The summed E-state index contributed by atoms with van der Waals surface area (Å²) in [5.41, 5.74) is 4.54. The van der Waals surface area contributed by atoms with Crippen molar-refractivity contribution in [3.63, 3.8) is 0 Å². The summed E-state index contributed by atoms with van der Waals surface area (Å²) < 4.78 is 2.07. The molecule has 2 aromatic heterocycles. The number of rotatable bonds is 3. The Kier molecular flexibility index (Phi) is 4.01. The van der Waals surface area contributed by atoms with Crippen LogP contribution in [0.5, 0.6) is 0 Å². The monoisotopic (exact) mass is 348 g/mol. The van der Waals surface area contributed by atoms with Gasteiger partial charge in [0.05, 0.1) is 17.8 Å². The lowest BCUT2D eigenvalue weighted by Crippen LogP contribution is -2.29. The summed E-state index contributed by atoms with van der Waals surface area (Å²) >= 11 is 5.70. The molecule has 0 aliphatic carbocycles. The van der Waals surface area contributed by atoms with Crippen LogP contribution in [0.4, 0.5) is 5.69 Å². The van der Waals surface area contributed by atoms with Crippen LogP contribution in [0.25, 0.3) is 0 Å². The fourth-order valence-electron chi connectivity index (χ4n) is 3.38. The lowest BCUT2D eigenvalue weighted by molar-refractivity contribution is 0.567. The zero-order valence-electron chi connectivity index (χ0n) is 14.3. The molecular weight excluding hydrogens is 328 g/mol. The predicted octanol–water partition coefficient (Wildman–Crippen LogP) is 3.91. The van der Waals surface area contributed by atoms with Gasteiger partial charge in [0.2, 0.25) is 0 Å². The number of aryl methyl sites for hydroxylation is 2. The highest BCUT2D eigenvalue weighted by Crippen LogP contribution is 2.41. The van der Waals surface area contributed by atoms with Crippen molar-refractivity contribution < 1.29 is 0 Å². The van der Waals surface area contributed by atoms with Crippen molar-refractivity contribution in [2.45, 2.75) is 19.0 Å². The largest absolute Gasteiger partial charge is 0.357 e. The van der Waals surface area contributed by atoms with Crippen molar-refractivity contribution in [1.29, 1.82) is 0 Å². The van der Waals surface area contributed by atoms with Crippen LogP contribution in [0, 0.1) is 6.92 Å². The highest BCUT2D eigenvalue weighted by Gasteiger charge is 2.40. The maximum Gasteiger partial charge on any atom is 0.174 e. The molecule has 0 bridgehead atoms. The molecule has 0 amide bonds. The number of hydrogen-bond acceptors (Lipinski definition) is 2. The second kappa shape index (κ2) is 6.33. The molecule has 126 valence electrons.